The van der Waals surface area contributed by atoms with Crippen LogP contribution in [-0.2, 0) is 4.74 Å². The van der Waals surface area contributed by atoms with Gasteiger partial charge < -0.3 is 19.5 Å². The molecule has 0 amide bonds. The minimum atomic E-state index is 0.456. The Morgan fingerprint density at radius 3 is 2.85 bits per heavy atom. The van der Waals surface area contributed by atoms with Crippen LogP contribution in [0.1, 0.15) is 38.5 Å². The Bertz CT molecular complexity index is 709. The molecule has 1 aliphatic carbocycles. The summed E-state index contributed by atoms with van der Waals surface area (Å²) in [6.07, 6.45) is 11.8. The summed E-state index contributed by atoms with van der Waals surface area (Å²) in [7, 11) is 4.03. The van der Waals surface area contributed by atoms with E-state index < -0.39 is 0 Å². The Labute approximate surface area is 155 Å². The first-order valence-corrected chi connectivity index (χ1v) is 10.0. The largest absolute Gasteiger partial charge is 0.380 e. The van der Waals surface area contributed by atoms with Crippen LogP contribution in [0.4, 0.5) is 5.82 Å². The highest BCUT2D eigenvalue weighted by Crippen LogP contribution is 2.33. The van der Waals surface area contributed by atoms with Gasteiger partial charge in [0.05, 0.1) is 11.5 Å². The predicted molar refractivity (Wildman–Crippen MR) is 105 cm³/mol. The van der Waals surface area contributed by atoms with Crippen molar-refractivity contribution in [3.8, 4) is 0 Å². The number of hydrogen-bond acceptors (Lipinski definition) is 5. The van der Waals surface area contributed by atoms with Gasteiger partial charge in [0.15, 0.2) is 0 Å². The van der Waals surface area contributed by atoms with Gasteiger partial charge in [-0.2, -0.15) is 0 Å². The van der Waals surface area contributed by atoms with Gasteiger partial charge in [-0.25, -0.2) is 9.97 Å². The number of H-pyrrole nitrogens is 1. The number of nitrogens with zero attached hydrogens (tertiary/aromatic N) is 4. The van der Waals surface area contributed by atoms with Gasteiger partial charge in [0, 0.05) is 39.5 Å². The lowest BCUT2D eigenvalue weighted by atomic mass is 9.83. The molecule has 0 aromatic carbocycles. The lowest BCUT2D eigenvalue weighted by molar-refractivity contribution is 0.107. The molecule has 26 heavy (non-hydrogen) atoms. The molecule has 2 fully saturated rings. The number of ether oxygens (including phenoxy) is 1. The molecule has 2 aromatic rings. The van der Waals surface area contributed by atoms with Crippen LogP contribution < -0.4 is 4.90 Å². The van der Waals surface area contributed by atoms with E-state index >= 15 is 0 Å². The zero-order valence-corrected chi connectivity index (χ0v) is 16.0. The highest BCUT2D eigenvalue weighted by molar-refractivity contribution is 5.87. The van der Waals surface area contributed by atoms with Crippen molar-refractivity contribution in [2.24, 2.45) is 5.92 Å². The average Bonchev–Trinajstić information content (AvgIpc) is 3.35. The summed E-state index contributed by atoms with van der Waals surface area (Å²) >= 11 is 0. The van der Waals surface area contributed by atoms with Crippen molar-refractivity contribution in [2.45, 2.75) is 50.7 Å². The maximum atomic E-state index is 5.48. The van der Waals surface area contributed by atoms with Crippen molar-refractivity contribution < 1.29 is 4.74 Å². The summed E-state index contributed by atoms with van der Waals surface area (Å²) in [5.41, 5.74) is 0.926. The van der Waals surface area contributed by atoms with Crippen LogP contribution in [0.25, 0.3) is 11.0 Å². The van der Waals surface area contributed by atoms with Crippen molar-refractivity contribution in [1.29, 1.82) is 0 Å². The number of likely N-dealkylation sites (tertiary alicyclic amines) is 1. The van der Waals surface area contributed by atoms with Crippen LogP contribution in [0.15, 0.2) is 18.6 Å². The van der Waals surface area contributed by atoms with Crippen molar-refractivity contribution >= 4 is 16.9 Å². The van der Waals surface area contributed by atoms with Gasteiger partial charge in [0.1, 0.15) is 17.8 Å². The van der Waals surface area contributed by atoms with Crippen molar-refractivity contribution in [1.82, 2.24) is 19.9 Å². The molecule has 1 saturated carbocycles. The smallest absolute Gasteiger partial charge is 0.142 e. The first-order valence-electron chi connectivity index (χ1n) is 10.0. The molecule has 2 aliphatic rings. The monoisotopic (exact) mass is 357 g/mol. The number of rotatable bonds is 6. The van der Waals surface area contributed by atoms with E-state index in [2.05, 4.69) is 37.9 Å². The van der Waals surface area contributed by atoms with Gasteiger partial charge in [-0.3, -0.25) is 0 Å². The Balaban J connectivity index is 1.27. The first-order chi connectivity index (χ1) is 12.7. The lowest BCUT2D eigenvalue weighted by Crippen LogP contribution is -2.36. The zero-order chi connectivity index (χ0) is 17.9. The number of aromatic amines is 1. The molecule has 3 heterocycles. The Morgan fingerprint density at radius 2 is 2.08 bits per heavy atom. The zero-order valence-electron chi connectivity index (χ0n) is 16.0. The van der Waals surface area contributed by atoms with Crippen LogP contribution in [0.5, 0.6) is 0 Å². The molecule has 2 aromatic heterocycles. The second-order valence-corrected chi connectivity index (χ2v) is 7.96. The topological polar surface area (TPSA) is 57.3 Å². The third kappa shape index (κ3) is 3.71. The van der Waals surface area contributed by atoms with Gasteiger partial charge in [-0.05, 0) is 57.1 Å². The first kappa shape index (κ1) is 17.7. The predicted octanol–water partition coefficient (Wildman–Crippen LogP) is 3.06. The molecule has 0 radical (unpaired) electrons. The molecule has 1 saturated heterocycles. The standard InChI is InChI=1S/C20H31N5O/c1-24(20-18-7-10-21-19(18)22-14-23-20)16-5-3-15(4-6-16)8-11-25-12-9-17(13-25)26-2/h7,10,14-17H,3-6,8-9,11-13H2,1-2H3,(H,21,22,23)/t15?,16?,17-/m1/s1. The fraction of sp³-hybridized carbons (Fsp3) is 0.700. The highest BCUT2D eigenvalue weighted by Gasteiger charge is 2.27. The van der Waals surface area contributed by atoms with Crippen LogP contribution >= 0.6 is 0 Å². The normalized spacial score (nSPS) is 27.2. The van der Waals surface area contributed by atoms with Crippen LogP contribution in [-0.4, -0.2) is 65.8 Å². The van der Waals surface area contributed by atoms with E-state index in [0.717, 1.165) is 29.3 Å². The number of aromatic nitrogens is 3. The van der Waals surface area contributed by atoms with E-state index in [1.807, 2.05) is 13.3 Å². The van der Waals surface area contributed by atoms with E-state index in [4.69, 9.17) is 4.74 Å². The fourth-order valence-electron chi connectivity index (χ4n) is 4.69. The SMILES string of the molecule is CO[C@@H]1CCN(CCC2CCC(N(C)c3ncnc4[nH]ccc34)CC2)C1. The Morgan fingerprint density at radius 1 is 1.23 bits per heavy atom. The van der Waals surface area contributed by atoms with Crippen molar-refractivity contribution in [3.05, 3.63) is 18.6 Å². The molecule has 1 aliphatic heterocycles. The number of hydrogen-bond donors (Lipinski definition) is 1. The molecule has 0 spiro atoms. The number of nitrogens with one attached hydrogen (secondary N) is 1. The fourth-order valence-corrected chi connectivity index (χ4v) is 4.69. The summed E-state index contributed by atoms with van der Waals surface area (Å²) in [5, 5.41) is 1.12. The highest BCUT2D eigenvalue weighted by atomic mass is 16.5. The molecule has 0 bridgehead atoms. The Hall–Kier alpha value is -1.66. The molecule has 1 atom stereocenters. The summed E-state index contributed by atoms with van der Waals surface area (Å²) in [6.45, 7) is 3.56. The van der Waals surface area contributed by atoms with Gasteiger partial charge in [-0.15, -0.1) is 0 Å². The van der Waals surface area contributed by atoms with Gasteiger partial charge >= 0.3 is 0 Å². The summed E-state index contributed by atoms with van der Waals surface area (Å²) < 4.78 is 5.48. The van der Waals surface area contributed by atoms with Gasteiger partial charge in [0.25, 0.3) is 0 Å². The van der Waals surface area contributed by atoms with E-state index in [-0.39, 0.29) is 0 Å². The lowest BCUT2D eigenvalue weighted by Gasteiger charge is -2.36. The third-order valence-electron chi connectivity index (χ3n) is 6.45. The van der Waals surface area contributed by atoms with Crippen LogP contribution in [0.3, 0.4) is 0 Å². The van der Waals surface area contributed by atoms with Crippen molar-refractivity contribution in [2.75, 3.05) is 38.7 Å². The van der Waals surface area contributed by atoms with E-state index in [9.17, 15) is 0 Å². The van der Waals surface area contributed by atoms with E-state index in [1.54, 1.807) is 6.33 Å². The average molecular weight is 358 g/mol. The molecule has 6 heteroatoms. The second-order valence-electron chi connectivity index (χ2n) is 7.96. The quantitative estimate of drug-likeness (QED) is 0.861. The number of anilines is 1. The summed E-state index contributed by atoms with van der Waals surface area (Å²) in [4.78, 5) is 17.0. The maximum absolute atomic E-state index is 5.48. The van der Waals surface area contributed by atoms with E-state index in [0.29, 0.717) is 12.1 Å². The molecule has 1 N–H and O–H groups in total. The minimum Gasteiger partial charge on any atom is -0.380 e. The number of fused-ring (bicyclic) bond motifs is 1. The summed E-state index contributed by atoms with van der Waals surface area (Å²) in [6, 6.07) is 2.67. The molecule has 6 nitrogen and oxygen atoms in total. The second kappa shape index (κ2) is 7.92. The third-order valence-corrected chi connectivity index (χ3v) is 6.45. The van der Waals surface area contributed by atoms with E-state index in [1.165, 1.54) is 51.6 Å². The van der Waals surface area contributed by atoms with Crippen LogP contribution in [0, 0.1) is 5.92 Å². The molecule has 0 unspecified atom stereocenters. The Kier molecular flexibility index (Phi) is 5.41. The number of methoxy groups -OCH3 is 1. The van der Waals surface area contributed by atoms with Gasteiger partial charge in [-0.1, -0.05) is 0 Å². The summed E-state index contributed by atoms with van der Waals surface area (Å²) in [5.74, 6) is 1.93. The van der Waals surface area contributed by atoms with Crippen LogP contribution in [0.2, 0.25) is 0 Å². The molecule has 142 valence electrons. The van der Waals surface area contributed by atoms with Crippen molar-refractivity contribution in [3.63, 3.8) is 0 Å². The molecular weight excluding hydrogens is 326 g/mol. The van der Waals surface area contributed by atoms with Gasteiger partial charge in [0.2, 0.25) is 0 Å². The maximum Gasteiger partial charge on any atom is 0.142 e. The minimum absolute atomic E-state index is 0.456. The molecular formula is C20H31N5O. The molecule has 4 rings (SSSR count).